The van der Waals surface area contributed by atoms with E-state index in [-0.39, 0.29) is 23.0 Å². The van der Waals surface area contributed by atoms with Gasteiger partial charge in [0.05, 0.1) is 16.5 Å². The van der Waals surface area contributed by atoms with Crippen LogP contribution in [0.5, 0.6) is 5.75 Å². The molecular weight excluding hydrogens is 413 g/mol. The molecule has 1 aromatic heterocycles. The molecule has 0 bridgehead atoms. The van der Waals surface area contributed by atoms with Crippen LogP contribution < -0.4 is 10.2 Å². The summed E-state index contributed by atoms with van der Waals surface area (Å²) in [6, 6.07) is 6.05. The fourth-order valence-corrected chi connectivity index (χ4v) is 4.09. The van der Waals surface area contributed by atoms with E-state index in [1.165, 1.54) is 4.57 Å². The Kier molecular flexibility index (Phi) is 5.22. The molecular formula is C22H19F3N2O4. The van der Waals surface area contributed by atoms with Crippen LogP contribution >= 0.6 is 0 Å². The second kappa shape index (κ2) is 7.73. The number of pyridine rings is 1. The molecule has 0 saturated heterocycles. The van der Waals surface area contributed by atoms with Crippen molar-refractivity contribution in [2.75, 3.05) is 7.05 Å². The second-order valence-corrected chi connectivity index (χ2v) is 7.46. The maximum atomic E-state index is 15.3. The van der Waals surface area contributed by atoms with Crippen LogP contribution in [-0.2, 0) is 19.6 Å². The predicted molar refractivity (Wildman–Crippen MR) is 108 cm³/mol. The van der Waals surface area contributed by atoms with Crippen molar-refractivity contribution in [1.29, 1.82) is 0 Å². The van der Waals surface area contributed by atoms with E-state index in [2.05, 4.69) is 4.90 Å². The first-order valence-corrected chi connectivity index (χ1v) is 9.59. The van der Waals surface area contributed by atoms with Gasteiger partial charge in [0.1, 0.15) is 11.4 Å². The molecule has 0 aliphatic carbocycles. The molecule has 0 fully saturated rings. The van der Waals surface area contributed by atoms with Crippen molar-refractivity contribution in [3.63, 3.8) is 0 Å². The van der Waals surface area contributed by atoms with E-state index >= 15 is 4.39 Å². The Hall–Kier alpha value is -3.33. The smallest absolute Gasteiger partial charge is 0.387 e. The Morgan fingerprint density at radius 2 is 1.94 bits per heavy atom. The monoisotopic (exact) mass is 432 g/mol. The summed E-state index contributed by atoms with van der Waals surface area (Å²) in [7, 11) is 1.93. The van der Waals surface area contributed by atoms with Gasteiger partial charge in [0.25, 0.3) is 0 Å². The highest BCUT2D eigenvalue weighted by Crippen LogP contribution is 2.41. The summed E-state index contributed by atoms with van der Waals surface area (Å²) in [6.07, 6.45) is 1.06. The topological polar surface area (TPSA) is 71.8 Å². The Balaban J connectivity index is 2.08. The molecule has 0 saturated carbocycles. The van der Waals surface area contributed by atoms with E-state index in [9.17, 15) is 23.5 Å². The standard InChI is InChI=1S/C22H19F3N2O4/c1-3-27-10-15(21(29)30)19(28)14-7-16(23)17(20(18(14)27)31-22(24)25)11-4-5-12-8-26(2)9-13(12)6-11/h4-7,10,22H,3,8-9H2,1-2H3,(H,29,30). The molecule has 0 unspecified atom stereocenters. The maximum absolute atomic E-state index is 15.3. The Bertz CT molecular complexity index is 1270. The lowest BCUT2D eigenvalue weighted by molar-refractivity contribution is -0.0487. The number of carboxylic acid groups (broad SMARTS) is 1. The first-order valence-electron chi connectivity index (χ1n) is 9.59. The zero-order valence-corrected chi connectivity index (χ0v) is 16.8. The summed E-state index contributed by atoms with van der Waals surface area (Å²) in [4.78, 5) is 26.2. The van der Waals surface area contributed by atoms with E-state index < -0.39 is 35.1 Å². The number of carbonyl (C=O) groups is 1. The fraction of sp³-hybridized carbons (Fsp3) is 0.273. The first kappa shape index (κ1) is 20.9. The number of nitrogens with zero attached hydrogens (tertiary/aromatic N) is 2. The number of benzene rings is 2. The highest BCUT2D eigenvalue weighted by Gasteiger charge is 2.26. The normalized spacial score (nSPS) is 13.7. The van der Waals surface area contributed by atoms with E-state index in [0.717, 1.165) is 29.9 Å². The lowest BCUT2D eigenvalue weighted by Gasteiger charge is -2.19. The summed E-state index contributed by atoms with van der Waals surface area (Å²) < 4.78 is 48.0. The molecule has 1 aliphatic heterocycles. The van der Waals surface area contributed by atoms with Crippen LogP contribution in [0, 0.1) is 5.82 Å². The van der Waals surface area contributed by atoms with Crippen molar-refractivity contribution in [2.45, 2.75) is 33.2 Å². The SMILES string of the molecule is CCn1cc(C(=O)O)c(=O)c2cc(F)c(-c3ccc4c(c3)CN(C)C4)c(OC(F)F)c21. The molecule has 6 nitrogen and oxygen atoms in total. The summed E-state index contributed by atoms with van der Waals surface area (Å²) in [6.45, 7) is -0.120. The molecule has 0 amide bonds. The van der Waals surface area contributed by atoms with E-state index in [1.54, 1.807) is 19.1 Å². The lowest BCUT2D eigenvalue weighted by Crippen LogP contribution is -2.20. The van der Waals surface area contributed by atoms with Gasteiger partial charge in [-0.3, -0.25) is 9.69 Å². The summed E-state index contributed by atoms with van der Waals surface area (Å²) in [5.41, 5.74) is 0.512. The quantitative estimate of drug-likeness (QED) is 0.658. The van der Waals surface area contributed by atoms with Crippen LogP contribution in [0.3, 0.4) is 0 Å². The lowest BCUT2D eigenvalue weighted by atomic mass is 9.97. The van der Waals surface area contributed by atoms with Gasteiger partial charge in [-0.1, -0.05) is 12.1 Å². The van der Waals surface area contributed by atoms with Crippen molar-refractivity contribution in [1.82, 2.24) is 9.47 Å². The van der Waals surface area contributed by atoms with Crippen LogP contribution in [0.25, 0.3) is 22.0 Å². The Morgan fingerprint density at radius 1 is 1.23 bits per heavy atom. The van der Waals surface area contributed by atoms with Gasteiger partial charge in [0.15, 0.2) is 5.75 Å². The van der Waals surface area contributed by atoms with Crippen LogP contribution in [0.2, 0.25) is 0 Å². The molecule has 162 valence electrons. The summed E-state index contributed by atoms with van der Waals surface area (Å²) >= 11 is 0. The van der Waals surface area contributed by atoms with Gasteiger partial charge >= 0.3 is 12.6 Å². The highest BCUT2D eigenvalue weighted by atomic mass is 19.3. The Labute approximate surface area is 175 Å². The average Bonchev–Trinajstić information content (AvgIpc) is 3.07. The molecule has 9 heteroatoms. The van der Waals surface area contributed by atoms with Gasteiger partial charge in [-0.05, 0) is 42.8 Å². The summed E-state index contributed by atoms with van der Waals surface area (Å²) in [5.74, 6) is -2.93. The number of hydrogen-bond donors (Lipinski definition) is 1. The number of fused-ring (bicyclic) bond motifs is 2. The van der Waals surface area contributed by atoms with E-state index in [1.807, 2.05) is 13.1 Å². The molecule has 2 aromatic carbocycles. The molecule has 4 rings (SSSR count). The third-order valence-electron chi connectivity index (χ3n) is 5.42. The van der Waals surface area contributed by atoms with Crippen molar-refractivity contribution in [3.05, 3.63) is 63.2 Å². The number of aromatic nitrogens is 1. The number of aryl methyl sites for hydroxylation is 1. The summed E-state index contributed by atoms with van der Waals surface area (Å²) in [5, 5.41) is 8.98. The van der Waals surface area contributed by atoms with E-state index in [0.29, 0.717) is 12.1 Å². The molecule has 3 aromatic rings. The van der Waals surface area contributed by atoms with Gasteiger partial charge in [-0.15, -0.1) is 0 Å². The minimum atomic E-state index is -3.27. The van der Waals surface area contributed by atoms with Crippen LogP contribution in [0.4, 0.5) is 13.2 Å². The average molecular weight is 432 g/mol. The zero-order valence-electron chi connectivity index (χ0n) is 16.8. The predicted octanol–water partition coefficient (Wildman–Crippen LogP) is 4.07. The van der Waals surface area contributed by atoms with Crippen molar-refractivity contribution in [2.24, 2.45) is 0 Å². The largest absolute Gasteiger partial charge is 0.477 e. The van der Waals surface area contributed by atoms with Gasteiger partial charge in [-0.25, -0.2) is 9.18 Å². The molecule has 0 spiro atoms. The van der Waals surface area contributed by atoms with Crippen molar-refractivity contribution >= 4 is 16.9 Å². The zero-order chi connectivity index (χ0) is 22.4. The fourth-order valence-electron chi connectivity index (χ4n) is 4.09. The second-order valence-electron chi connectivity index (χ2n) is 7.46. The highest BCUT2D eigenvalue weighted by molar-refractivity contribution is 5.97. The van der Waals surface area contributed by atoms with Gasteiger partial charge in [0, 0.05) is 25.8 Å². The van der Waals surface area contributed by atoms with Gasteiger partial charge in [-0.2, -0.15) is 8.78 Å². The maximum Gasteiger partial charge on any atom is 0.387 e. The molecule has 31 heavy (non-hydrogen) atoms. The number of carboxylic acids is 1. The van der Waals surface area contributed by atoms with Gasteiger partial charge < -0.3 is 14.4 Å². The number of hydrogen-bond acceptors (Lipinski definition) is 4. The number of halogens is 3. The number of rotatable bonds is 5. The minimum absolute atomic E-state index is 0.0770. The van der Waals surface area contributed by atoms with E-state index in [4.69, 9.17) is 4.74 Å². The van der Waals surface area contributed by atoms with Crippen molar-refractivity contribution < 1.29 is 27.8 Å². The minimum Gasteiger partial charge on any atom is -0.477 e. The number of aromatic carboxylic acids is 1. The third kappa shape index (κ3) is 3.54. The molecule has 0 atom stereocenters. The van der Waals surface area contributed by atoms with Crippen LogP contribution in [0.1, 0.15) is 28.4 Å². The first-order chi connectivity index (χ1) is 14.7. The van der Waals surface area contributed by atoms with Crippen LogP contribution in [-0.4, -0.2) is 34.2 Å². The molecule has 1 N–H and O–H groups in total. The molecule has 0 radical (unpaired) electrons. The van der Waals surface area contributed by atoms with Crippen molar-refractivity contribution in [3.8, 4) is 16.9 Å². The number of ether oxygens (including phenoxy) is 1. The molecule has 1 aliphatic rings. The number of alkyl halides is 2. The molecule has 2 heterocycles. The third-order valence-corrected chi connectivity index (χ3v) is 5.42. The van der Waals surface area contributed by atoms with Gasteiger partial charge in [0.2, 0.25) is 5.43 Å². The van der Waals surface area contributed by atoms with Crippen LogP contribution in [0.15, 0.2) is 35.3 Å². The Morgan fingerprint density at radius 3 is 2.58 bits per heavy atom.